The van der Waals surface area contributed by atoms with Crippen LogP contribution < -0.4 is 0 Å². The molecule has 1 atom stereocenters. The van der Waals surface area contributed by atoms with Crippen LogP contribution in [-0.2, 0) is 14.6 Å². The standard InChI is InChI=1S/C13H23NO3S/c1-10(2)8-14(12-3-4-12)13(15)7-11-5-6-18(16,17)9-11/h10-12H,3-9H2,1-2H3. The van der Waals surface area contributed by atoms with Gasteiger partial charge in [0.15, 0.2) is 9.84 Å². The molecule has 18 heavy (non-hydrogen) atoms. The molecule has 0 radical (unpaired) electrons. The van der Waals surface area contributed by atoms with Crippen molar-refractivity contribution in [2.24, 2.45) is 11.8 Å². The first-order valence-electron chi connectivity index (χ1n) is 6.87. The van der Waals surface area contributed by atoms with Gasteiger partial charge in [-0.2, -0.15) is 0 Å². The van der Waals surface area contributed by atoms with Gasteiger partial charge >= 0.3 is 0 Å². The predicted octanol–water partition coefficient (Wildman–Crippen LogP) is 1.46. The summed E-state index contributed by atoms with van der Waals surface area (Å²) in [5.74, 6) is 1.16. The number of hydrogen-bond acceptors (Lipinski definition) is 3. The Balaban J connectivity index is 1.89. The zero-order valence-electron chi connectivity index (χ0n) is 11.3. The highest BCUT2D eigenvalue weighted by Gasteiger charge is 2.36. The Hall–Kier alpha value is -0.580. The lowest BCUT2D eigenvalue weighted by Crippen LogP contribution is -2.37. The maximum atomic E-state index is 12.3. The van der Waals surface area contributed by atoms with Gasteiger partial charge in [-0.3, -0.25) is 4.79 Å². The molecule has 1 unspecified atom stereocenters. The summed E-state index contributed by atoms with van der Waals surface area (Å²) >= 11 is 0. The molecule has 0 spiro atoms. The molecule has 0 N–H and O–H groups in total. The molecular weight excluding hydrogens is 250 g/mol. The van der Waals surface area contributed by atoms with Gasteiger partial charge in [-0.15, -0.1) is 0 Å². The lowest BCUT2D eigenvalue weighted by Gasteiger charge is -2.25. The van der Waals surface area contributed by atoms with Gasteiger partial charge in [0.25, 0.3) is 0 Å². The predicted molar refractivity (Wildman–Crippen MR) is 71.0 cm³/mol. The highest BCUT2D eigenvalue weighted by molar-refractivity contribution is 7.91. The first kappa shape index (κ1) is 13.8. The summed E-state index contributed by atoms with van der Waals surface area (Å²) < 4.78 is 22.8. The summed E-state index contributed by atoms with van der Waals surface area (Å²) in [5.41, 5.74) is 0. The van der Waals surface area contributed by atoms with Crippen molar-refractivity contribution >= 4 is 15.7 Å². The number of nitrogens with zero attached hydrogens (tertiary/aromatic N) is 1. The summed E-state index contributed by atoms with van der Waals surface area (Å²) in [7, 11) is -2.87. The number of rotatable bonds is 5. The molecule has 0 aromatic heterocycles. The van der Waals surface area contributed by atoms with Gasteiger partial charge in [0.05, 0.1) is 11.5 Å². The van der Waals surface area contributed by atoms with E-state index in [0.717, 1.165) is 19.4 Å². The molecule has 104 valence electrons. The smallest absolute Gasteiger partial charge is 0.223 e. The molecule has 1 saturated carbocycles. The molecule has 0 bridgehead atoms. The van der Waals surface area contributed by atoms with Crippen LogP contribution in [0.5, 0.6) is 0 Å². The second kappa shape index (κ2) is 5.19. The molecule has 1 amide bonds. The van der Waals surface area contributed by atoms with Crippen molar-refractivity contribution in [1.29, 1.82) is 0 Å². The molecule has 1 heterocycles. The van der Waals surface area contributed by atoms with Gasteiger partial charge in [-0.05, 0) is 31.1 Å². The number of carbonyl (C=O) groups is 1. The Morgan fingerprint density at radius 3 is 2.39 bits per heavy atom. The van der Waals surface area contributed by atoms with E-state index in [2.05, 4.69) is 13.8 Å². The average molecular weight is 273 g/mol. The van der Waals surface area contributed by atoms with E-state index >= 15 is 0 Å². The van der Waals surface area contributed by atoms with Gasteiger partial charge in [-0.25, -0.2) is 8.42 Å². The third-order valence-corrected chi connectivity index (χ3v) is 5.50. The molecular formula is C13H23NO3S. The van der Waals surface area contributed by atoms with Crippen LogP contribution in [0, 0.1) is 11.8 Å². The van der Waals surface area contributed by atoms with Crippen LogP contribution in [0.25, 0.3) is 0 Å². The molecule has 4 nitrogen and oxygen atoms in total. The summed E-state index contributed by atoms with van der Waals surface area (Å²) in [6.45, 7) is 5.04. The molecule has 0 aromatic carbocycles. The second-order valence-corrected chi connectivity index (χ2v) is 8.37. The van der Waals surface area contributed by atoms with E-state index in [9.17, 15) is 13.2 Å². The zero-order valence-corrected chi connectivity index (χ0v) is 12.1. The van der Waals surface area contributed by atoms with Crippen molar-refractivity contribution in [3.63, 3.8) is 0 Å². The van der Waals surface area contributed by atoms with Crippen molar-refractivity contribution < 1.29 is 13.2 Å². The normalized spacial score (nSPS) is 26.5. The fraction of sp³-hybridized carbons (Fsp3) is 0.923. The van der Waals surface area contributed by atoms with E-state index in [1.807, 2.05) is 4.90 Å². The summed E-state index contributed by atoms with van der Waals surface area (Å²) in [6.07, 6.45) is 3.31. The first-order chi connectivity index (χ1) is 8.37. The minimum Gasteiger partial charge on any atom is -0.339 e. The van der Waals surface area contributed by atoms with Gasteiger partial charge in [-0.1, -0.05) is 13.8 Å². The van der Waals surface area contributed by atoms with Crippen LogP contribution in [0.4, 0.5) is 0 Å². The third kappa shape index (κ3) is 3.70. The van der Waals surface area contributed by atoms with Crippen molar-refractivity contribution in [3.05, 3.63) is 0 Å². The Kier molecular flexibility index (Phi) is 3.99. The van der Waals surface area contributed by atoms with Crippen LogP contribution in [-0.4, -0.2) is 43.3 Å². The topological polar surface area (TPSA) is 54.5 Å². The van der Waals surface area contributed by atoms with Crippen molar-refractivity contribution in [2.75, 3.05) is 18.1 Å². The number of hydrogen-bond donors (Lipinski definition) is 0. The molecule has 2 rings (SSSR count). The van der Waals surface area contributed by atoms with Gasteiger partial charge in [0, 0.05) is 19.0 Å². The van der Waals surface area contributed by atoms with E-state index in [-0.39, 0.29) is 23.3 Å². The summed E-state index contributed by atoms with van der Waals surface area (Å²) in [4.78, 5) is 14.2. The number of carbonyl (C=O) groups excluding carboxylic acids is 1. The van der Waals surface area contributed by atoms with Crippen LogP contribution in [0.2, 0.25) is 0 Å². The van der Waals surface area contributed by atoms with E-state index in [4.69, 9.17) is 0 Å². The van der Waals surface area contributed by atoms with E-state index in [0.29, 0.717) is 24.8 Å². The Morgan fingerprint density at radius 1 is 1.28 bits per heavy atom. The Bertz CT molecular complexity index is 412. The maximum Gasteiger partial charge on any atom is 0.223 e. The number of amides is 1. The minimum absolute atomic E-state index is 0.0518. The molecule has 0 aromatic rings. The fourth-order valence-electron chi connectivity index (χ4n) is 2.63. The van der Waals surface area contributed by atoms with Crippen molar-refractivity contribution in [2.45, 2.75) is 45.6 Å². The van der Waals surface area contributed by atoms with Gasteiger partial charge in [0.2, 0.25) is 5.91 Å². The van der Waals surface area contributed by atoms with Crippen LogP contribution >= 0.6 is 0 Å². The van der Waals surface area contributed by atoms with Gasteiger partial charge in [0.1, 0.15) is 0 Å². The Labute approximate surface area is 110 Å². The van der Waals surface area contributed by atoms with Crippen LogP contribution in [0.3, 0.4) is 0 Å². The largest absolute Gasteiger partial charge is 0.339 e. The SMILES string of the molecule is CC(C)CN(C(=O)CC1CCS(=O)(=O)C1)C1CC1. The molecule has 1 aliphatic heterocycles. The second-order valence-electron chi connectivity index (χ2n) is 6.14. The number of sulfone groups is 1. The van der Waals surface area contributed by atoms with Crippen molar-refractivity contribution in [3.8, 4) is 0 Å². The maximum absolute atomic E-state index is 12.3. The van der Waals surface area contributed by atoms with Crippen LogP contribution in [0.1, 0.15) is 39.5 Å². The quantitative estimate of drug-likeness (QED) is 0.762. The van der Waals surface area contributed by atoms with Crippen LogP contribution in [0.15, 0.2) is 0 Å². The lowest BCUT2D eigenvalue weighted by molar-refractivity contribution is -0.133. The summed E-state index contributed by atoms with van der Waals surface area (Å²) in [5, 5.41) is 0. The molecule has 1 saturated heterocycles. The molecule has 1 aliphatic carbocycles. The monoisotopic (exact) mass is 273 g/mol. The molecule has 2 aliphatic rings. The van der Waals surface area contributed by atoms with Crippen molar-refractivity contribution in [1.82, 2.24) is 4.90 Å². The first-order valence-corrected chi connectivity index (χ1v) is 8.69. The average Bonchev–Trinajstić information content (AvgIpc) is 3.01. The van der Waals surface area contributed by atoms with E-state index in [1.165, 1.54) is 0 Å². The summed E-state index contributed by atoms with van der Waals surface area (Å²) in [6, 6.07) is 0.429. The minimum atomic E-state index is -2.87. The third-order valence-electron chi connectivity index (χ3n) is 3.66. The molecule has 5 heteroatoms. The van der Waals surface area contributed by atoms with E-state index < -0.39 is 9.84 Å². The zero-order chi connectivity index (χ0) is 13.3. The molecule has 2 fully saturated rings. The lowest BCUT2D eigenvalue weighted by atomic mass is 10.0. The Morgan fingerprint density at radius 2 is 1.94 bits per heavy atom. The highest BCUT2D eigenvalue weighted by atomic mass is 32.2. The highest BCUT2D eigenvalue weighted by Crippen LogP contribution is 2.30. The fourth-order valence-corrected chi connectivity index (χ4v) is 4.49. The van der Waals surface area contributed by atoms with E-state index in [1.54, 1.807) is 0 Å². The van der Waals surface area contributed by atoms with Gasteiger partial charge < -0.3 is 4.90 Å².